The van der Waals surface area contributed by atoms with E-state index in [2.05, 4.69) is 14.7 Å². The maximum Gasteiger partial charge on any atom is 0.471 e. The summed E-state index contributed by atoms with van der Waals surface area (Å²) in [5.74, 6) is -2.86. The Hall–Kier alpha value is -2.98. The lowest BCUT2D eigenvalue weighted by atomic mass is 10.1. The van der Waals surface area contributed by atoms with Crippen LogP contribution in [0.2, 0.25) is 5.02 Å². The van der Waals surface area contributed by atoms with E-state index in [1.165, 1.54) is 12.1 Å². The number of hydroxylamine groups is 2. The summed E-state index contributed by atoms with van der Waals surface area (Å²) in [4.78, 5) is 21.6. The van der Waals surface area contributed by atoms with Crippen LogP contribution in [0.15, 0.2) is 53.1 Å². The molecule has 32 heavy (non-hydrogen) atoms. The summed E-state index contributed by atoms with van der Waals surface area (Å²) in [6.45, 7) is 0.101. The summed E-state index contributed by atoms with van der Waals surface area (Å²) >= 11 is 5.86. The van der Waals surface area contributed by atoms with Gasteiger partial charge in [0.15, 0.2) is 0 Å². The molecule has 0 spiro atoms. The molecule has 1 aliphatic rings. The monoisotopic (exact) mass is 469 g/mol. The molecule has 6 nitrogen and oxygen atoms in total. The average Bonchev–Trinajstić information content (AvgIpc) is 3.27. The molecule has 2 aromatic carbocycles. The lowest BCUT2D eigenvalue weighted by Gasteiger charge is -2.22. The normalized spacial score (nSPS) is 17.9. The molecule has 0 saturated heterocycles. The van der Waals surface area contributed by atoms with Crippen molar-refractivity contribution in [2.24, 2.45) is 5.92 Å². The summed E-state index contributed by atoms with van der Waals surface area (Å²) in [5, 5.41) is 4.99. The van der Waals surface area contributed by atoms with Gasteiger partial charge >= 0.3 is 12.1 Å². The van der Waals surface area contributed by atoms with Crippen LogP contribution in [0.5, 0.6) is 0 Å². The highest BCUT2D eigenvalue weighted by Crippen LogP contribution is 2.36. The molecule has 0 aliphatic heterocycles. The summed E-state index contributed by atoms with van der Waals surface area (Å²) in [6, 6.07) is 13.0. The number of nitrogens with zero attached hydrogens (tertiary/aromatic N) is 3. The predicted molar refractivity (Wildman–Crippen MR) is 105 cm³/mol. The van der Waals surface area contributed by atoms with Crippen molar-refractivity contribution in [1.29, 1.82) is 0 Å². The van der Waals surface area contributed by atoms with Gasteiger partial charge < -0.3 is 4.52 Å². The van der Waals surface area contributed by atoms with Crippen LogP contribution in [0.1, 0.15) is 23.4 Å². The Kier molecular flexibility index (Phi) is 6.16. The topological polar surface area (TPSA) is 68.5 Å². The smallest absolute Gasteiger partial charge is 0.329 e. The van der Waals surface area contributed by atoms with E-state index >= 15 is 0 Å². The van der Waals surface area contributed by atoms with E-state index in [1.807, 2.05) is 0 Å². The van der Waals surface area contributed by atoms with Crippen molar-refractivity contribution in [1.82, 2.24) is 15.2 Å². The van der Waals surface area contributed by atoms with Crippen molar-refractivity contribution < 1.29 is 31.7 Å². The van der Waals surface area contributed by atoms with E-state index < -0.39 is 30.1 Å². The van der Waals surface area contributed by atoms with Crippen molar-refractivity contribution in [3.05, 3.63) is 70.6 Å². The highest BCUT2D eigenvalue weighted by Gasteiger charge is 2.46. The van der Waals surface area contributed by atoms with Crippen LogP contribution in [-0.4, -0.2) is 27.3 Å². The zero-order valence-electron chi connectivity index (χ0n) is 16.4. The maximum absolute atomic E-state index is 13.4. The standard InChI is InChI=1S/C21H16ClF4N3O3/c22-15-7-3-13(4-8-15)11-31-29(19(30)16-9-17(16)23)10-12-1-5-14(6-2-12)18-27-20(32-28-18)21(24,25)26/h1-8,16-17H,9-11H2. The Morgan fingerprint density at radius 2 is 1.75 bits per heavy atom. The minimum Gasteiger partial charge on any atom is -0.329 e. The van der Waals surface area contributed by atoms with Gasteiger partial charge in [-0.2, -0.15) is 18.2 Å². The third-order valence-corrected chi connectivity index (χ3v) is 5.03. The Labute approximate surface area is 184 Å². The summed E-state index contributed by atoms with van der Waals surface area (Å²) in [7, 11) is 0. The van der Waals surface area contributed by atoms with E-state index in [-0.39, 0.29) is 25.4 Å². The van der Waals surface area contributed by atoms with Crippen LogP contribution in [-0.2, 0) is 29.0 Å². The van der Waals surface area contributed by atoms with Crippen LogP contribution in [0, 0.1) is 5.92 Å². The summed E-state index contributed by atoms with van der Waals surface area (Å²) in [5.41, 5.74) is 1.69. The van der Waals surface area contributed by atoms with E-state index in [1.54, 1.807) is 36.4 Å². The van der Waals surface area contributed by atoms with Crippen molar-refractivity contribution in [2.45, 2.75) is 31.9 Å². The molecular weight excluding hydrogens is 454 g/mol. The number of rotatable bonds is 7. The molecule has 3 aromatic rings. The zero-order valence-corrected chi connectivity index (χ0v) is 17.1. The number of carbonyl (C=O) groups excluding carboxylic acids is 1. The molecule has 1 aliphatic carbocycles. The number of amides is 1. The van der Waals surface area contributed by atoms with E-state index in [0.717, 1.165) is 10.6 Å². The Morgan fingerprint density at radius 3 is 2.31 bits per heavy atom. The largest absolute Gasteiger partial charge is 0.471 e. The summed E-state index contributed by atoms with van der Waals surface area (Å²) in [6.07, 6.45) is -5.77. The number of benzene rings is 2. The highest BCUT2D eigenvalue weighted by molar-refractivity contribution is 6.30. The first kappa shape index (κ1) is 22.2. The molecule has 0 radical (unpaired) electrons. The van der Waals surface area contributed by atoms with Crippen LogP contribution >= 0.6 is 11.6 Å². The molecule has 1 heterocycles. The Morgan fingerprint density at radius 1 is 1.12 bits per heavy atom. The van der Waals surface area contributed by atoms with Gasteiger partial charge in [0.25, 0.3) is 5.91 Å². The average molecular weight is 470 g/mol. The Bertz CT molecular complexity index is 1090. The second-order valence-electron chi connectivity index (χ2n) is 7.25. The number of carbonyl (C=O) groups is 1. The number of alkyl halides is 4. The van der Waals surface area contributed by atoms with Crippen molar-refractivity contribution in [3.63, 3.8) is 0 Å². The van der Waals surface area contributed by atoms with Gasteiger partial charge in [-0.05, 0) is 29.7 Å². The fourth-order valence-corrected chi connectivity index (χ4v) is 3.03. The first-order valence-corrected chi connectivity index (χ1v) is 9.91. The predicted octanol–water partition coefficient (Wildman–Crippen LogP) is 5.23. The van der Waals surface area contributed by atoms with E-state index in [4.69, 9.17) is 16.4 Å². The first-order valence-electron chi connectivity index (χ1n) is 9.54. The highest BCUT2D eigenvalue weighted by atomic mass is 35.5. The lowest BCUT2D eigenvalue weighted by Crippen LogP contribution is -2.32. The van der Waals surface area contributed by atoms with Gasteiger partial charge in [0.05, 0.1) is 12.5 Å². The van der Waals surface area contributed by atoms with Gasteiger partial charge in [-0.15, -0.1) is 0 Å². The van der Waals surface area contributed by atoms with Crippen LogP contribution in [0.25, 0.3) is 11.4 Å². The maximum atomic E-state index is 13.4. The van der Waals surface area contributed by atoms with Crippen LogP contribution < -0.4 is 0 Å². The molecule has 0 bridgehead atoms. The molecule has 11 heteroatoms. The minimum absolute atomic E-state index is 0.0238. The second kappa shape index (κ2) is 8.87. The van der Waals surface area contributed by atoms with Crippen molar-refractivity contribution >= 4 is 17.5 Å². The molecular formula is C21H16ClF4N3O3. The number of halogens is 5. The molecule has 2 unspecified atom stereocenters. The molecule has 1 aromatic heterocycles. The van der Waals surface area contributed by atoms with Crippen molar-refractivity contribution in [2.75, 3.05) is 0 Å². The van der Waals surface area contributed by atoms with E-state index in [9.17, 15) is 22.4 Å². The SMILES string of the molecule is O=C(C1CC1F)N(Cc1ccc(-c2noc(C(F)(F)F)n2)cc1)OCc1ccc(Cl)cc1. The molecule has 1 saturated carbocycles. The number of hydrogen-bond donors (Lipinski definition) is 0. The quantitative estimate of drug-likeness (QED) is 0.350. The van der Waals surface area contributed by atoms with Gasteiger partial charge in [-0.25, -0.2) is 9.45 Å². The minimum atomic E-state index is -4.73. The first-order chi connectivity index (χ1) is 15.2. The van der Waals surface area contributed by atoms with Gasteiger partial charge in [0.1, 0.15) is 12.8 Å². The van der Waals surface area contributed by atoms with Gasteiger partial charge in [0, 0.05) is 10.6 Å². The fraction of sp³-hybridized carbons (Fsp3) is 0.286. The zero-order chi connectivity index (χ0) is 22.9. The molecule has 0 N–H and O–H groups in total. The Balaban J connectivity index is 1.45. The third-order valence-electron chi connectivity index (χ3n) is 4.78. The van der Waals surface area contributed by atoms with Gasteiger partial charge in [-0.3, -0.25) is 9.63 Å². The van der Waals surface area contributed by atoms with Gasteiger partial charge in [-0.1, -0.05) is 53.2 Å². The third kappa shape index (κ3) is 5.25. The van der Waals surface area contributed by atoms with Crippen LogP contribution in [0.4, 0.5) is 17.6 Å². The van der Waals surface area contributed by atoms with Gasteiger partial charge in [0.2, 0.25) is 5.82 Å². The van der Waals surface area contributed by atoms with Crippen molar-refractivity contribution in [3.8, 4) is 11.4 Å². The lowest BCUT2D eigenvalue weighted by molar-refractivity contribution is -0.197. The number of aromatic nitrogens is 2. The second-order valence-corrected chi connectivity index (χ2v) is 7.69. The summed E-state index contributed by atoms with van der Waals surface area (Å²) < 4.78 is 55.6. The fourth-order valence-electron chi connectivity index (χ4n) is 2.91. The molecule has 1 fully saturated rings. The number of hydrogen-bond acceptors (Lipinski definition) is 5. The molecule has 168 valence electrons. The molecule has 4 rings (SSSR count). The molecule has 2 atom stereocenters. The van der Waals surface area contributed by atoms with E-state index in [0.29, 0.717) is 16.1 Å². The molecule has 1 amide bonds. The van der Waals surface area contributed by atoms with Crippen LogP contribution in [0.3, 0.4) is 0 Å².